The highest BCUT2D eigenvalue weighted by molar-refractivity contribution is 7.15. The van der Waals surface area contributed by atoms with E-state index in [0.717, 1.165) is 5.01 Å². The summed E-state index contributed by atoms with van der Waals surface area (Å²) in [5, 5.41) is 1.13. The summed E-state index contributed by atoms with van der Waals surface area (Å²) in [5.41, 5.74) is 9.87. The van der Waals surface area contributed by atoms with Crippen molar-refractivity contribution >= 4 is 11.3 Å². The molecule has 1 unspecified atom stereocenters. The zero-order valence-corrected chi connectivity index (χ0v) is 11.6. The van der Waals surface area contributed by atoms with Crippen LogP contribution in [0.3, 0.4) is 0 Å². The van der Waals surface area contributed by atoms with Crippen molar-refractivity contribution in [3.05, 3.63) is 40.4 Å². The van der Waals surface area contributed by atoms with Gasteiger partial charge in [0.1, 0.15) is 5.01 Å². The molecule has 1 fully saturated rings. The second-order valence-electron chi connectivity index (χ2n) is 5.15. The molecule has 1 aromatic carbocycles. The van der Waals surface area contributed by atoms with Gasteiger partial charge in [0.2, 0.25) is 0 Å². The van der Waals surface area contributed by atoms with E-state index < -0.39 is 0 Å². The molecule has 18 heavy (non-hydrogen) atoms. The van der Waals surface area contributed by atoms with Gasteiger partial charge in [0.25, 0.3) is 0 Å². The Balaban J connectivity index is 2.08. The van der Waals surface area contributed by atoms with E-state index in [9.17, 15) is 0 Å². The SMILES string of the molecule is Cc1ccccc1-c1nc(C2CC2)c(C(C)N)s1. The zero-order chi connectivity index (χ0) is 12.7. The molecule has 0 spiro atoms. The Hall–Kier alpha value is -1.19. The average molecular weight is 258 g/mol. The van der Waals surface area contributed by atoms with Gasteiger partial charge in [0, 0.05) is 22.4 Å². The maximum atomic E-state index is 6.08. The molecule has 0 aliphatic heterocycles. The van der Waals surface area contributed by atoms with Gasteiger partial charge in [-0.15, -0.1) is 11.3 Å². The van der Waals surface area contributed by atoms with Crippen LogP contribution in [0.1, 0.15) is 47.9 Å². The Bertz CT molecular complexity index is 548. The van der Waals surface area contributed by atoms with Gasteiger partial charge in [-0.2, -0.15) is 0 Å². The number of aryl methyl sites for hydroxylation is 1. The van der Waals surface area contributed by atoms with Crippen molar-refractivity contribution in [1.82, 2.24) is 4.98 Å². The standard InChI is InChI=1S/C15H18N2S/c1-9-5-3-4-6-12(9)15-17-13(11-7-8-11)14(18-15)10(2)16/h3-6,10-11H,7-8,16H2,1-2H3. The summed E-state index contributed by atoms with van der Waals surface area (Å²) < 4.78 is 0. The average Bonchev–Trinajstić information content (AvgIpc) is 3.09. The van der Waals surface area contributed by atoms with Crippen LogP contribution >= 0.6 is 11.3 Å². The first-order valence-electron chi connectivity index (χ1n) is 6.49. The lowest BCUT2D eigenvalue weighted by atomic mass is 10.1. The van der Waals surface area contributed by atoms with Crippen LogP contribution in [0.4, 0.5) is 0 Å². The molecule has 3 rings (SSSR count). The molecule has 1 aromatic heterocycles. The molecule has 1 aliphatic rings. The summed E-state index contributed by atoms with van der Waals surface area (Å²) >= 11 is 1.77. The van der Waals surface area contributed by atoms with Crippen molar-refractivity contribution in [2.24, 2.45) is 5.73 Å². The van der Waals surface area contributed by atoms with E-state index in [0.29, 0.717) is 5.92 Å². The highest BCUT2D eigenvalue weighted by Crippen LogP contribution is 2.45. The number of hydrogen-bond acceptors (Lipinski definition) is 3. The molecular formula is C15H18N2S. The summed E-state index contributed by atoms with van der Waals surface area (Å²) in [6.45, 7) is 4.19. The molecule has 1 aliphatic carbocycles. The van der Waals surface area contributed by atoms with E-state index in [1.165, 1.54) is 34.5 Å². The lowest BCUT2D eigenvalue weighted by Gasteiger charge is -2.02. The molecule has 0 radical (unpaired) electrons. The highest BCUT2D eigenvalue weighted by atomic mass is 32.1. The van der Waals surface area contributed by atoms with Crippen LogP contribution in [0.15, 0.2) is 24.3 Å². The number of nitrogens with zero attached hydrogens (tertiary/aromatic N) is 1. The first-order chi connectivity index (χ1) is 8.66. The summed E-state index contributed by atoms with van der Waals surface area (Å²) in [6.07, 6.45) is 2.55. The summed E-state index contributed by atoms with van der Waals surface area (Å²) in [6, 6.07) is 8.53. The Morgan fingerprint density at radius 3 is 2.67 bits per heavy atom. The van der Waals surface area contributed by atoms with Gasteiger partial charge in [-0.3, -0.25) is 0 Å². The van der Waals surface area contributed by atoms with Crippen molar-refractivity contribution in [2.45, 2.75) is 38.6 Å². The number of thiazole rings is 1. The van der Waals surface area contributed by atoms with Crippen molar-refractivity contribution in [3.63, 3.8) is 0 Å². The molecule has 1 saturated carbocycles. The van der Waals surface area contributed by atoms with Crippen LogP contribution in [-0.4, -0.2) is 4.98 Å². The minimum Gasteiger partial charge on any atom is -0.323 e. The summed E-state index contributed by atoms with van der Waals surface area (Å²) in [4.78, 5) is 6.14. The first kappa shape index (κ1) is 11.9. The second kappa shape index (κ2) is 4.48. The first-order valence-corrected chi connectivity index (χ1v) is 7.30. The maximum Gasteiger partial charge on any atom is 0.124 e. The van der Waals surface area contributed by atoms with E-state index in [2.05, 4.69) is 38.1 Å². The van der Waals surface area contributed by atoms with Crippen LogP contribution in [0.5, 0.6) is 0 Å². The zero-order valence-electron chi connectivity index (χ0n) is 10.8. The fourth-order valence-electron chi connectivity index (χ4n) is 2.25. The van der Waals surface area contributed by atoms with Gasteiger partial charge in [-0.25, -0.2) is 4.98 Å². The molecule has 0 bridgehead atoms. The third kappa shape index (κ3) is 2.08. The molecule has 1 atom stereocenters. The van der Waals surface area contributed by atoms with E-state index >= 15 is 0 Å². The molecule has 2 aromatic rings. The van der Waals surface area contributed by atoms with Gasteiger partial charge in [0.15, 0.2) is 0 Å². The van der Waals surface area contributed by atoms with Gasteiger partial charge < -0.3 is 5.73 Å². The lowest BCUT2D eigenvalue weighted by molar-refractivity contribution is 0.811. The largest absolute Gasteiger partial charge is 0.323 e. The van der Waals surface area contributed by atoms with Crippen LogP contribution in [-0.2, 0) is 0 Å². The quantitative estimate of drug-likeness (QED) is 0.903. The highest BCUT2D eigenvalue weighted by Gasteiger charge is 2.30. The number of aromatic nitrogens is 1. The van der Waals surface area contributed by atoms with Crippen molar-refractivity contribution < 1.29 is 0 Å². The van der Waals surface area contributed by atoms with E-state index in [1.54, 1.807) is 11.3 Å². The lowest BCUT2D eigenvalue weighted by Crippen LogP contribution is -2.05. The molecule has 2 N–H and O–H groups in total. The minimum absolute atomic E-state index is 0.0934. The van der Waals surface area contributed by atoms with Crippen LogP contribution < -0.4 is 5.73 Å². The molecule has 2 nitrogen and oxygen atoms in total. The van der Waals surface area contributed by atoms with Gasteiger partial charge in [0.05, 0.1) is 5.69 Å². The van der Waals surface area contributed by atoms with Crippen molar-refractivity contribution in [3.8, 4) is 10.6 Å². The minimum atomic E-state index is 0.0934. The van der Waals surface area contributed by atoms with E-state index in [-0.39, 0.29) is 6.04 Å². The summed E-state index contributed by atoms with van der Waals surface area (Å²) in [7, 11) is 0. The smallest absolute Gasteiger partial charge is 0.124 e. The number of hydrogen-bond donors (Lipinski definition) is 1. The van der Waals surface area contributed by atoms with Crippen molar-refractivity contribution in [1.29, 1.82) is 0 Å². The number of rotatable bonds is 3. The number of nitrogens with two attached hydrogens (primary N) is 1. The van der Waals surface area contributed by atoms with Crippen LogP contribution in [0, 0.1) is 6.92 Å². The fraction of sp³-hybridized carbons (Fsp3) is 0.400. The normalized spacial score (nSPS) is 16.8. The third-order valence-electron chi connectivity index (χ3n) is 3.43. The molecule has 0 amide bonds. The predicted octanol–water partition coefficient (Wildman–Crippen LogP) is 4.02. The van der Waals surface area contributed by atoms with Crippen LogP contribution in [0.2, 0.25) is 0 Å². The topological polar surface area (TPSA) is 38.9 Å². The van der Waals surface area contributed by atoms with Gasteiger partial charge in [-0.05, 0) is 32.3 Å². The third-order valence-corrected chi connectivity index (χ3v) is 4.74. The van der Waals surface area contributed by atoms with Crippen molar-refractivity contribution in [2.75, 3.05) is 0 Å². The van der Waals surface area contributed by atoms with Gasteiger partial charge >= 0.3 is 0 Å². The Morgan fingerprint density at radius 1 is 1.33 bits per heavy atom. The van der Waals surface area contributed by atoms with E-state index in [4.69, 9.17) is 10.7 Å². The molecular weight excluding hydrogens is 240 g/mol. The Labute approximate surface area is 112 Å². The monoisotopic (exact) mass is 258 g/mol. The second-order valence-corrected chi connectivity index (χ2v) is 6.18. The van der Waals surface area contributed by atoms with Crippen LogP contribution in [0.25, 0.3) is 10.6 Å². The Kier molecular flexibility index (Phi) is 2.96. The molecule has 3 heteroatoms. The van der Waals surface area contributed by atoms with E-state index in [1.807, 2.05) is 0 Å². The molecule has 94 valence electrons. The Morgan fingerprint density at radius 2 is 2.06 bits per heavy atom. The molecule has 0 saturated heterocycles. The number of benzene rings is 1. The fourth-order valence-corrected chi connectivity index (χ4v) is 3.44. The maximum absolute atomic E-state index is 6.08. The summed E-state index contributed by atoms with van der Waals surface area (Å²) in [5.74, 6) is 0.667. The molecule has 1 heterocycles. The predicted molar refractivity (Wildman–Crippen MR) is 76.9 cm³/mol. The van der Waals surface area contributed by atoms with Gasteiger partial charge in [-0.1, -0.05) is 24.3 Å².